The van der Waals surface area contributed by atoms with E-state index in [1.165, 1.54) is 0 Å². The van der Waals surface area contributed by atoms with Crippen molar-refractivity contribution in [1.82, 2.24) is 30.6 Å². The molecule has 1 aromatic rings. The Morgan fingerprint density at radius 2 is 0.938 bits per heavy atom. The number of imide groups is 1. The van der Waals surface area contributed by atoms with Crippen LogP contribution in [0, 0.1) is 16.7 Å². The van der Waals surface area contributed by atoms with Crippen LogP contribution < -0.4 is 25.3 Å². The summed E-state index contributed by atoms with van der Waals surface area (Å²) in [5.41, 5.74) is -0.906. The number of hydrogen-bond donors (Lipinski definition) is 2. The van der Waals surface area contributed by atoms with Gasteiger partial charge in [0.15, 0.2) is 0 Å². The summed E-state index contributed by atoms with van der Waals surface area (Å²) in [6.07, 6.45) is 4.12. The average Bonchev–Trinajstić information content (AvgIpc) is 3.36. The lowest BCUT2D eigenvalue weighted by atomic mass is 9.94. The third-order valence-electron chi connectivity index (χ3n) is 9.49. The topological polar surface area (TPSA) is 170 Å². The van der Waals surface area contributed by atoms with Crippen LogP contribution in [-0.4, -0.2) is 101 Å². The molecule has 15 nitrogen and oxygen atoms in total. The summed E-state index contributed by atoms with van der Waals surface area (Å²) in [6, 6.07) is 0.169. The molecular weight excluding hydrogens is 618 g/mol. The maximum atomic E-state index is 12.8. The Hall–Kier alpha value is -4.04. The van der Waals surface area contributed by atoms with Crippen LogP contribution in [0.1, 0.15) is 92.9 Å². The zero-order valence-corrected chi connectivity index (χ0v) is 29.2. The maximum absolute atomic E-state index is 12.8. The van der Waals surface area contributed by atoms with E-state index in [9.17, 15) is 24.0 Å². The SMILES string of the molecule is CC(C)(C)C(=O)NC1CCN(c2nc(N3CCC(NC(=O)C(C)(C)C)CC3)nc(N3CCC(C(=O)ON4C(=O)CCC4=O)CC3)n2)CC1. The maximum Gasteiger partial charge on any atom is 0.336 e. The molecule has 0 unspecified atom stereocenters. The van der Waals surface area contributed by atoms with E-state index in [-0.39, 0.29) is 36.7 Å². The molecule has 15 heteroatoms. The van der Waals surface area contributed by atoms with Gasteiger partial charge in [0.2, 0.25) is 29.7 Å². The Labute approximate surface area is 282 Å². The van der Waals surface area contributed by atoms with Crippen LogP contribution in [0.3, 0.4) is 0 Å². The zero-order chi connectivity index (χ0) is 34.8. The van der Waals surface area contributed by atoms with E-state index in [1.54, 1.807) is 0 Å². The minimum Gasteiger partial charge on any atom is -0.353 e. The number of piperidine rings is 3. The third-order valence-corrected chi connectivity index (χ3v) is 9.49. The van der Waals surface area contributed by atoms with Crippen molar-refractivity contribution in [3.8, 4) is 0 Å². The Morgan fingerprint density at radius 3 is 1.27 bits per heavy atom. The first-order valence-electron chi connectivity index (χ1n) is 17.3. The van der Waals surface area contributed by atoms with E-state index >= 15 is 0 Å². The van der Waals surface area contributed by atoms with E-state index in [1.807, 2.05) is 46.4 Å². The number of carbonyl (C=O) groups excluding carboxylic acids is 5. The van der Waals surface area contributed by atoms with Crippen molar-refractivity contribution in [3.63, 3.8) is 0 Å². The number of rotatable bonds is 7. The molecule has 264 valence electrons. The van der Waals surface area contributed by atoms with Crippen LogP contribution >= 0.6 is 0 Å². The van der Waals surface area contributed by atoms with Gasteiger partial charge in [0.05, 0.1) is 5.92 Å². The second-order valence-corrected chi connectivity index (χ2v) is 15.5. The summed E-state index contributed by atoms with van der Waals surface area (Å²) in [6.45, 7) is 15.2. The second kappa shape index (κ2) is 14.2. The number of carbonyl (C=O) groups is 5. The Kier molecular flexibility index (Phi) is 10.4. The van der Waals surface area contributed by atoms with Crippen molar-refractivity contribution >= 4 is 47.4 Å². The van der Waals surface area contributed by atoms with Gasteiger partial charge in [-0.15, -0.1) is 5.06 Å². The molecule has 0 aromatic carbocycles. The van der Waals surface area contributed by atoms with Gasteiger partial charge < -0.3 is 30.2 Å². The molecule has 48 heavy (non-hydrogen) atoms. The summed E-state index contributed by atoms with van der Waals surface area (Å²) in [4.78, 5) is 88.1. The largest absolute Gasteiger partial charge is 0.353 e. The van der Waals surface area contributed by atoms with Gasteiger partial charge in [0.25, 0.3) is 11.8 Å². The number of aromatic nitrogens is 3. The number of nitrogens with zero attached hydrogens (tertiary/aromatic N) is 7. The molecule has 4 aliphatic rings. The van der Waals surface area contributed by atoms with Crippen LogP contribution in [0.5, 0.6) is 0 Å². The standard InChI is InChI=1S/C33H51N9O6/c1-32(2,3)27(46)34-22-11-17-40(18-12-22)30-36-29(37-31(38-30)41-19-13-23(14-20-41)35-28(47)33(4,5)6)39-15-9-21(10-16-39)26(45)48-42-24(43)7-8-25(42)44/h21-23H,7-20H2,1-6H3,(H,34,46)(H,35,47). The molecular formula is C33H51N9O6. The van der Waals surface area contributed by atoms with Gasteiger partial charge >= 0.3 is 5.97 Å². The highest BCUT2D eigenvalue weighted by atomic mass is 16.7. The zero-order valence-electron chi connectivity index (χ0n) is 29.2. The van der Waals surface area contributed by atoms with Gasteiger partial charge in [-0.25, -0.2) is 4.79 Å². The van der Waals surface area contributed by atoms with Gasteiger partial charge in [-0.3, -0.25) is 19.2 Å². The van der Waals surface area contributed by atoms with Gasteiger partial charge in [-0.05, 0) is 38.5 Å². The first kappa shape index (κ1) is 35.3. The Morgan fingerprint density at radius 1 is 0.604 bits per heavy atom. The summed E-state index contributed by atoms with van der Waals surface area (Å²) >= 11 is 0. The first-order valence-corrected chi connectivity index (χ1v) is 17.3. The molecule has 0 atom stereocenters. The number of nitrogens with one attached hydrogen (secondary N) is 2. The van der Waals surface area contributed by atoms with Crippen molar-refractivity contribution in [1.29, 1.82) is 0 Å². The number of anilines is 3. The van der Waals surface area contributed by atoms with E-state index in [0.717, 1.165) is 25.7 Å². The number of amides is 4. The lowest BCUT2D eigenvalue weighted by molar-refractivity contribution is -0.201. The summed E-state index contributed by atoms with van der Waals surface area (Å²) in [5.74, 6) is -0.242. The molecule has 4 amide bonds. The molecule has 1 aromatic heterocycles. The van der Waals surface area contributed by atoms with Crippen molar-refractivity contribution in [3.05, 3.63) is 0 Å². The minimum atomic E-state index is -0.571. The van der Waals surface area contributed by atoms with Crippen LogP contribution in [0.4, 0.5) is 17.8 Å². The lowest BCUT2D eigenvalue weighted by Crippen LogP contribution is -2.49. The van der Waals surface area contributed by atoms with Crippen molar-refractivity contribution in [2.24, 2.45) is 16.7 Å². The predicted octanol–water partition coefficient (Wildman–Crippen LogP) is 1.96. The fourth-order valence-corrected chi connectivity index (χ4v) is 6.16. The molecule has 0 spiro atoms. The summed E-state index contributed by atoms with van der Waals surface area (Å²) in [5, 5.41) is 6.97. The minimum absolute atomic E-state index is 0.0405. The number of hydroxylamine groups is 2. The first-order chi connectivity index (χ1) is 22.6. The van der Waals surface area contributed by atoms with Crippen LogP contribution in [-0.2, 0) is 28.8 Å². The fourth-order valence-electron chi connectivity index (χ4n) is 6.16. The highest BCUT2D eigenvalue weighted by molar-refractivity contribution is 6.01. The summed E-state index contributed by atoms with van der Waals surface area (Å²) < 4.78 is 0. The molecule has 2 N–H and O–H groups in total. The molecule has 4 saturated heterocycles. The predicted molar refractivity (Wildman–Crippen MR) is 178 cm³/mol. The molecule has 0 radical (unpaired) electrons. The Balaban J connectivity index is 1.27. The summed E-state index contributed by atoms with van der Waals surface area (Å²) in [7, 11) is 0. The van der Waals surface area contributed by atoms with Crippen LogP contribution in [0.2, 0.25) is 0 Å². The smallest absolute Gasteiger partial charge is 0.336 e. The number of hydrogen-bond acceptors (Lipinski definition) is 12. The van der Waals surface area contributed by atoms with Gasteiger partial charge in [0, 0.05) is 75.0 Å². The normalized spacial score (nSPS) is 20.7. The fraction of sp³-hybridized carbons (Fsp3) is 0.758. The highest BCUT2D eigenvalue weighted by Gasteiger charge is 2.37. The second-order valence-electron chi connectivity index (χ2n) is 15.5. The third kappa shape index (κ3) is 8.51. The molecule has 0 aliphatic carbocycles. The molecule has 0 bridgehead atoms. The molecule has 4 aliphatic heterocycles. The molecule has 5 rings (SSSR count). The lowest BCUT2D eigenvalue weighted by Gasteiger charge is -2.37. The quantitative estimate of drug-likeness (QED) is 0.405. The van der Waals surface area contributed by atoms with Gasteiger partial charge in [0.1, 0.15) is 0 Å². The average molecular weight is 670 g/mol. The van der Waals surface area contributed by atoms with E-state index < -0.39 is 34.5 Å². The van der Waals surface area contributed by atoms with E-state index in [2.05, 4.69) is 20.4 Å². The van der Waals surface area contributed by atoms with Crippen LogP contribution in [0.15, 0.2) is 0 Å². The van der Waals surface area contributed by atoms with E-state index in [0.29, 0.717) is 75.0 Å². The highest BCUT2D eigenvalue weighted by Crippen LogP contribution is 2.28. The molecule has 0 saturated carbocycles. The Bertz CT molecular complexity index is 1300. The van der Waals surface area contributed by atoms with E-state index in [4.69, 9.17) is 19.8 Å². The monoisotopic (exact) mass is 669 g/mol. The van der Waals surface area contributed by atoms with Crippen molar-refractivity contribution in [2.45, 2.75) is 105 Å². The van der Waals surface area contributed by atoms with Gasteiger partial charge in [-0.1, -0.05) is 41.5 Å². The van der Waals surface area contributed by atoms with Crippen molar-refractivity contribution < 1.29 is 28.8 Å². The molecule has 5 heterocycles. The molecule has 4 fully saturated rings. The van der Waals surface area contributed by atoms with Gasteiger partial charge in [-0.2, -0.15) is 15.0 Å². The van der Waals surface area contributed by atoms with Crippen LogP contribution in [0.25, 0.3) is 0 Å². The van der Waals surface area contributed by atoms with Crippen molar-refractivity contribution in [2.75, 3.05) is 54.0 Å².